The first-order chi connectivity index (χ1) is 15.5. The van der Waals surface area contributed by atoms with Crippen molar-refractivity contribution in [1.82, 2.24) is 9.97 Å². The molecule has 32 heavy (non-hydrogen) atoms. The van der Waals surface area contributed by atoms with Gasteiger partial charge in [0.05, 0.1) is 24.9 Å². The summed E-state index contributed by atoms with van der Waals surface area (Å²) in [5.41, 5.74) is 2.04. The summed E-state index contributed by atoms with van der Waals surface area (Å²) in [7, 11) is 0. The van der Waals surface area contributed by atoms with E-state index in [1.54, 1.807) is 6.92 Å². The van der Waals surface area contributed by atoms with Crippen molar-refractivity contribution < 1.29 is 19.1 Å². The van der Waals surface area contributed by atoms with Gasteiger partial charge in [0.15, 0.2) is 11.6 Å². The maximum absolute atomic E-state index is 11.9. The molecule has 6 nitrogen and oxygen atoms in total. The van der Waals surface area contributed by atoms with Crippen LogP contribution in [0, 0.1) is 0 Å². The lowest BCUT2D eigenvalue weighted by molar-refractivity contribution is -0.148. The molecule has 0 saturated heterocycles. The van der Waals surface area contributed by atoms with Gasteiger partial charge in [0.2, 0.25) is 0 Å². The molecule has 6 heteroatoms. The Morgan fingerprint density at radius 1 is 1.00 bits per heavy atom. The largest absolute Gasteiger partial charge is 0.463 e. The second-order valence-corrected chi connectivity index (χ2v) is 7.78. The van der Waals surface area contributed by atoms with Crippen LogP contribution in [0.15, 0.2) is 48.8 Å². The summed E-state index contributed by atoms with van der Waals surface area (Å²) in [6.07, 6.45) is 13.6. The van der Waals surface area contributed by atoms with Gasteiger partial charge in [0.1, 0.15) is 0 Å². The van der Waals surface area contributed by atoms with Crippen molar-refractivity contribution >= 4 is 11.9 Å². The van der Waals surface area contributed by atoms with E-state index in [9.17, 15) is 9.59 Å². The Hall–Kier alpha value is -3.02. The van der Waals surface area contributed by atoms with Gasteiger partial charge in [-0.15, -0.1) is 0 Å². The fraction of sp³-hybridized carbons (Fsp3) is 0.462. The number of ether oxygens (including phenoxy) is 2. The van der Waals surface area contributed by atoms with Gasteiger partial charge in [-0.05, 0) is 38.2 Å². The smallest absolute Gasteiger partial charge is 0.315 e. The first-order valence-corrected chi connectivity index (χ1v) is 11.5. The number of aryl methyl sites for hydroxylation is 1. The topological polar surface area (TPSA) is 78.4 Å². The zero-order valence-corrected chi connectivity index (χ0v) is 19.4. The van der Waals surface area contributed by atoms with Gasteiger partial charge in [0, 0.05) is 12.0 Å². The second kappa shape index (κ2) is 14.1. The van der Waals surface area contributed by atoms with Crippen molar-refractivity contribution in [3.8, 4) is 17.1 Å². The van der Waals surface area contributed by atoms with E-state index in [1.807, 2.05) is 43.3 Å². The van der Waals surface area contributed by atoms with E-state index in [1.165, 1.54) is 25.2 Å². The zero-order valence-electron chi connectivity index (χ0n) is 19.4. The fourth-order valence-electron chi connectivity index (χ4n) is 3.06. The Balaban J connectivity index is 1.80. The molecular weight excluding hydrogens is 404 g/mol. The minimum Gasteiger partial charge on any atom is -0.463 e. The maximum Gasteiger partial charge on any atom is 0.315 e. The summed E-state index contributed by atoms with van der Waals surface area (Å²) in [5, 5.41) is 0. The molecular formula is C26H34N2O4. The van der Waals surface area contributed by atoms with Crippen LogP contribution in [0.3, 0.4) is 0 Å². The maximum atomic E-state index is 11.9. The van der Waals surface area contributed by atoms with Gasteiger partial charge in [-0.3, -0.25) is 9.59 Å². The molecule has 2 rings (SSSR count). The third-order valence-corrected chi connectivity index (χ3v) is 4.96. The van der Waals surface area contributed by atoms with Crippen molar-refractivity contribution in [3.63, 3.8) is 0 Å². The Morgan fingerprint density at radius 2 is 1.72 bits per heavy atom. The molecule has 1 atom stereocenters. The zero-order chi connectivity index (χ0) is 23.2. The van der Waals surface area contributed by atoms with Gasteiger partial charge in [-0.2, -0.15) is 0 Å². The molecule has 172 valence electrons. The van der Waals surface area contributed by atoms with Crippen LogP contribution >= 0.6 is 0 Å². The molecule has 1 aromatic heterocycles. The Morgan fingerprint density at radius 3 is 2.38 bits per heavy atom. The van der Waals surface area contributed by atoms with Gasteiger partial charge in [-0.1, -0.05) is 63.1 Å². The van der Waals surface area contributed by atoms with Crippen LogP contribution in [-0.4, -0.2) is 28.0 Å². The van der Waals surface area contributed by atoms with Crippen LogP contribution in [0.4, 0.5) is 0 Å². The Kier molecular flexibility index (Phi) is 11.1. The lowest BCUT2D eigenvalue weighted by Crippen LogP contribution is -2.14. The molecule has 0 saturated carbocycles. The summed E-state index contributed by atoms with van der Waals surface area (Å²) in [5.74, 6) is 0.414. The van der Waals surface area contributed by atoms with Gasteiger partial charge in [-0.25, -0.2) is 9.97 Å². The van der Waals surface area contributed by atoms with Crippen molar-refractivity contribution in [2.24, 2.45) is 0 Å². The van der Waals surface area contributed by atoms with Crippen LogP contribution in [0.5, 0.6) is 5.75 Å². The van der Waals surface area contributed by atoms with Crippen molar-refractivity contribution in [1.29, 1.82) is 0 Å². The van der Waals surface area contributed by atoms with Gasteiger partial charge >= 0.3 is 11.9 Å². The molecule has 1 heterocycles. The number of hydrogen-bond acceptors (Lipinski definition) is 6. The average molecular weight is 439 g/mol. The minimum atomic E-state index is -0.323. The molecule has 0 aliphatic heterocycles. The highest BCUT2D eigenvalue weighted by molar-refractivity contribution is 5.73. The number of carbonyl (C=O) groups excluding carboxylic acids is 2. The highest BCUT2D eigenvalue weighted by Gasteiger charge is 2.09. The molecule has 2 aromatic rings. The molecule has 0 radical (unpaired) electrons. The highest BCUT2D eigenvalue weighted by Crippen LogP contribution is 2.19. The average Bonchev–Trinajstić information content (AvgIpc) is 2.81. The lowest BCUT2D eigenvalue weighted by Gasteiger charge is -2.12. The summed E-state index contributed by atoms with van der Waals surface area (Å²) in [6.45, 7) is 5.87. The minimum absolute atomic E-state index is 0.0998. The van der Waals surface area contributed by atoms with Crippen molar-refractivity contribution in [2.75, 3.05) is 0 Å². The second-order valence-electron chi connectivity index (χ2n) is 7.78. The van der Waals surface area contributed by atoms with Crippen LogP contribution < -0.4 is 4.74 Å². The number of benzene rings is 1. The molecule has 1 aromatic carbocycles. The lowest BCUT2D eigenvalue weighted by atomic mass is 10.1. The first kappa shape index (κ1) is 25.2. The van der Waals surface area contributed by atoms with E-state index >= 15 is 0 Å². The number of carbonyl (C=O) groups is 2. The summed E-state index contributed by atoms with van der Waals surface area (Å²) < 4.78 is 10.6. The number of nitrogens with zero attached hydrogens (tertiary/aromatic N) is 2. The Bertz CT molecular complexity index is 860. The molecule has 1 unspecified atom stereocenters. The molecule has 0 N–H and O–H groups in total. The van der Waals surface area contributed by atoms with E-state index in [-0.39, 0.29) is 24.5 Å². The molecule has 0 amide bonds. The van der Waals surface area contributed by atoms with Crippen molar-refractivity contribution in [3.05, 3.63) is 54.4 Å². The highest BCUT2D eigenvalue weighted by atomic mass is 16.5. The van der Waals surface area contributed by atoms with Gasteiger partial charge in [0.25, 0.3) is 0 Å². The first-order valence-electron chi connectivity index (χ1n) is 11.5. The van der Waals surface area contributed by atoms with E-state index in [0.717, 1.165) is 36.8 Å². The van der Waals surface area contributed by atoms with E-state index in [2.05, 4.69) is 16.9 Å². The molecule has 0 fully saturated rings. The molecule has 0 aliphatic rings. The number of unbranched alkanes of at least 4 members (excludes halogenated alkanes) is 3. The number of allylic oxidation sites excluding steroid dienone is 1. The Labute approximate surface area is 191 Å². The predicted molar refractivity (Wildman–Crippen MR) is 125 cm³/mol. The van der Waals surface area contributed by atoms with Crippen LogP contribution in [0.25, 0.3) is 11.4 Å². The van der Waals surface area contributed by atoms with Crippen LogP contribution in [0.1, 0.15) is 71.3 Å². The monoisotopic (exact) mass is 438 g/mol. The number of esters is 2. The quantitative estimate of drug-likeness (QED) is 0.222. The van der Waals surface area contributed by atoms with E-state index < -0.39 is 0 Å². The molecule has 0 spiro atoms. The number of hydrogen-bond donors (Lipinski definition) is 0. The summed E-state index contributed by atoms with van der Waals surface area (Å²) >= 11 is 0. The SMILES string of the molecule is CCCCC/C=C\CC(=O)Oc1cnc(-c2ccc(CCC(C)OC(=O)CC)cc2)nc1. The number of aromatic nitrogens is 2. The fourth-order valence-corrected chi connectivity index (χ4v) is 3.06. The molecule has 0 bridgehead atoms. The van der Waals surface area contributed by atoms with Crippen LogP contribution in [-0.2, 0) is 20.7 Å². The number of rotatable bonds is 13. The predicted octanol–water partition coefficient (Wildman–Crippen LogP) is 5.85. The normalized spacial score (nSPS) is 12.0. The third kappa shape index (κ3) is 9.41. The summed E-state index contributed by atoms with van der Waals surface area (Å²) in [4.78, 5) is 31.9. The van der Waals surface area contributed by atoms with Crippen LogP contribution in [0.2, 0.25) is 0 Å². The van der Waals surface area contributed by atoms with Crippen molar-refractivity contribution in [2.45, 2.75) is 78.2 Å². The standard InChI is InChI=1S/C26H34N2O4/c1-4-6-7-8-9-10-11-25(30)32-23-18-27-26(28-19-23)22-16-14-21(15-17-22)13-12-20(3)31-24(29)5-2/h9-10,14-20H,4-8,11-13H2,1-3H3/b10-9-. The van der Waals surface area contributed by atoms with Gasteiger partial charge < -0.3 is 9.47 Å². The van der Waals surface area contributed by atoms with E-state index in [0.29, 0.717) is 18.0 Å². The summed E-state index contributed by atoms with van der Waals surface area (Å²) in [6, 6.07) is 7.96. The molecule has 0 aliphatic carbocycles. The third-order valence-electron chi connectivity index (χ3n) is 4.96. The van der Waals surface area contributed by atoms with E-state index in [4.69, 9.17) is 9.47 Å².